The van der Waals surface area contributed by atoms with Crippen molar-refractivity contribution in [2.45, 2.75) is 12.5 Å². The quantitative estimate of drug-likeness (QED) is 0.156. The minimum atomic E-state index is -0.895. The topological polar surface area (TPSA) is 142 Å². The van der Waals surface area contributed by atoms with Crippen LogP contribution < -0.4 is 26.2 Å². The highest BCUT2D eigenvalue weighted by Gasteiger charge is 2.18. The van der Waals surface area contributed by atoms with Crippen LogP contribution in [0.1, 0.15) is 32.1 Å². The molecular weight excluding hydrogens is 424 g/mol. The highest BCUT2D eigenvalue weighted by atomic mass is 16.5. The number of amides is 2. The zero-order valence-electron chi connectivity index (χ0n) is 18.4. The van der Waals surface area contributed by atoms with Crippen LogP contribution in [0.3, 0.4) is 0 Å². The molecule has 0 unspecified atom stereocenters. The molecular formula is C23H26N6O4. The predicted molar refractivity (Wildman–Crippen MR) is 123 cm³/mol. The van der Waals surface area contributed by atoms with E-state index in [1.54, 1.807) is 43.3 Å². The van der Waals surface area contributed by atoms with Gasteiger partial charge in [0, 0.05) is 31.8 Å². The van der Waals surface area contributed by atoms with Gasteiger partial charge in [-0.1, -0.05) is 30.3 Å². The number of benzene rings is 2. The maximum atomic E-state index is 12.5. The molecule has 0 spiro atoms. The Morgan fingerprint density at radius 1 is 1.15 bits per heavy atom. The highest BCUT2D eigenvalue weighted by molar-refractivity contribution is 5.95. The Morgan fingerprint density at radius 2 is 1.91 bits per heavy atom. The number of aromatic amines is 1. The molecule has 0 bridgehead atoms. The third kappa shape index (κ3) is 6.17. The van der Waals surface area contributed by atoms with Crippen molar-refractivity contribution < 1.29 is 19.1 Å². The zero-order chi connectivity index (χ0) is 23.8. The van der Waals surface area contributed by atoms with Gasteiger partial charge >= 0.3 is 0 Å². The molecule has 2 amide bonds. The van der Waals surface area contributed by atoms with Crippen molar-refractivity contribution in [2.24, 2.45) is 5.84 Å². The van der Waals surface area contributed by atoms with E-state index in [-0.39, 0.29) is 12.3 Å². The lowest BCUT2D eigenvalue weighted by Crippen LogP contribution is -2.40. The third-order valence-corrected chi connectivity index (χ3v) is 4.83. The number of hydrazine groups is 1. The number of carbonyl (C=O) groups excluding carboxylic acids is 3. The fourth-order valence-corrected chi connectivity index (χ4v) is 3.13. The molecule has 1 atom stereocenters. The van der Waals surface area contributed by atoms with Gasteiger partial charge in [0.15, 0.2) is 0 Å². The van der Waals surface area contributed by atoms with Gasteiger partial charge < -0.3 is 19.7 Å². The summed E-state index contributed by atoms with van der Waals surface area (Å²) in [6.07, 6.45) is 1.20. The number of nitrogens with two attached hydrogens (primary N) is 1. The monoisotopic (exact) mass is 450 g/mol. The number of hydrogen-bond donors (Lipinski definition) is 4. The van der Waals surface area contributed by atoms with Gasteiger partial charge in [0.2, 0.25) is 0 Å². The van der Waals surface area contributed by atoms with Crippen molar-refractivity contribution in [3.8, 4) is 5.75 Å². The lowest BCUT2D eigenvalue weighted by Gasteiger charge is -2.20. The summed E-state index contributed by atoms with van der Waals surface area (Å²) in [4.78, 5) is 37.6. The summed E-state index contributed by atoms with van der Waals surface area (Å²) in [7, 11) is 3.58. The zero-order valence-corrected chi connectivity index (χ0v) is 18.4. The maximum Gasteiger partial charge on any atom is 0.272 e. The molecule has 10 nitrogen and oxygen atoms in total. The van der Waals surface area contributed by atoms with Gasteiger partial charge in [-0.05, 0) is 29.8 Å². The molecule has 1 aromatic heterocycles. The van der Waals surface area contributed by atoms with Crippen molar-refractivity contribution in [1.29, 1.82) is 0 Å². The van der Waals surface area contributed by atoms with Gasteiger partial charge in [-0.2, -0.15) is 5.10 Å². The smallest absolute Gasteiger partial charge is 0.272 e. The number of aromatic nitrogens is 2. The van der Waals surface area contributed by atoms with Crippen LogP contribution in [-0.4, -0.2) is 55.0 Å². The fraction of sp³-hybridized carbons (Fsp3) is 0.217. The summed E-state index contributed by atoms with van der Waals surface area (Å²) in [6, 6.07) is 15.3. The predicted octanol–water partition coefficient (Wildman–Crippen LogP) is 1.05. The van der Waals surface area contributed by atoms with E-state index in [4.69, 9.17) is 10.6 Å². The summed E-state index contributed by atoms with van der Waals surface area (Å²) in [5.41, 5.74) is 5.10. The molecule has 0 saturated carbocycles. The molecule has 172 valence electrons. The molecule has 0 aliphatic carbocycles. The van der Waals surface area contributed by atoms with Gasteiger partial charge in [0.1, 0.15) is 30.4 Å². The van der Waals surface area contributed by atoms with E-state index in [1.807, 2.05) is 30.3 Å². The first-order chi connectivity index (χ1) is 15.9. The molecule has 0 fully saturated rings. The largest absolute Gasteiger partial charge is 0.489 e. The van der Waals surface area contributed by atoms with E-state index in [1.165, 1.54) is 0 Å². The van der Waals surface area contributed by atoms with Gasteiger partial charge in [-0.15, -0.1) is 0 Å². The van der Waals surface area contributed by atoms with E-state index in [2.05, 4.69) is 20.9 Å². The summed E-state index contributed by atoms with van der Waals surface area (Å²) < 4.78 is 5.76. The molecule has 3 rings (SSSR count). The van der Waals surface area contributed by atoms with Gasteiger partial charge in [-0.3, -0.25) is 20.1 Å². The Hall–Kier alpha value is -4.18. The van der Waals surface area contributed by atoms with Crippen molar-refractivity contribution >= 4 is 23.8 Å². The first kappa shape index (κ1) is 23.5. The standard InChI is InChI=1S/C23H26N6O4/c1-29(2)20-11-16(22(31)26-24)8-9-21(20)33-14-18(13-30)25-23(32)19-12-17(27-28-19)10-15-6-4-3-5-7-15/h3-9,11-13,18H,10,14,24H2,1-2H3,(H,25,32)(H,26,31)(H,27,28)/t18-/m1/s1. The lowest BCUT2D eigenvalue weighted by molar-refractivity contribution is -0.110. The average molecular weight is 450 g/mol. The van der Waals surface area contributed by atoms with Gasteiger partial charge in [0.25, 0.3) is 11.8 Å². The number of anilines is 1. The molecule has 2 aromatic carbocycles. The minimum absolute atomic E-state index is 0.0974. The fourth-order valence-electron chi connectivity index (χ4n) is 3.13. The van der Waals surface area contributed by atoms with E-state index in [0.29, 0.717) is 29.7 Å². The molecule has 0 aliphatic heterocycles. The van der Waals surface area contributed by atoms with Crippen molar-refractivity contribution in [1.82, 2.24) is 20.9 Å². The van der Waals surface area contributed by atoms with Crippen LogP contribution in [0, 0.1) is 0 Å². The molecule has 3 aromatic rings. The van der Waals surface area contributed by atoms with Crippen molar-refractivity contribution in [2.75, 3.05) is 25.6 Å². The maximum absolute atomic E-state index is 12.5. The first-order valence-corrected chi connectivity index (χ1v) is 10.2. The van der Waals surface area contributed by atoms with Crippen LogP contribution in [0.25, 0.3) is 0 Å². The van der Waals surface area contributed by atoms with E-state index >= 15 is 0 Å². The minimum Gasteiger partial charge on any atom is -0.489 e. The number of aldehydes is 1. The molecule has 0 saturated heterocycles. The van der Waals surface area contributed by atoms with Crippen LogP contribution >= 0.6 is 0 Å². The van der Waals surface area contributed by atoms with E-state index < -0.39 is 17.9 Å². The Bertz CT molecular complexity index is 1110. The highest BCUT2D eigenvalue weighted by Crippen LogP contribution is 2.28. The second-order valence-electron chi connectivity index (χ2n) is 7.52. The number of carbonyl (C=O) groups is 3. The van der Waals surface area contributed by atoms with Gasteiger partial charge in [-0.25, -0.2) is 5.84 Å². The number of rotatable bonds is 10. The van der Waals surface area contributed by atoms with Crippen LogP contribution in [0.5, 0.6) is 5.75 Å². The Kier molecular flexibility index (Phi) is 7.77. The molecule has 33 heavy (non-hydrogen) atoms. The molecule has 1 heterocycles. The second kappa shape index (κ2) is 10.9. The summed E-state index contributed by atoms with van der Waals surface area (Å²) in [5.74, 6) is 4.70. The summed E-state index contributed by atoms with van der Waals surface area (Å²) in [5, 5.41) is 9.50. The van der Waals surface area contributed by atoms with Gasteiger partial charge in [0.05, 0.1) is 5.69 Å². The SMILES string of the molecule is CN(C)c1cc(C(=O)NN)ccc1OC[C@@H](C=O)NC(=O)c1cc(Cc2ccccc2)[nH]n1. The molecule has 0 aliphatic rings. The Labute approximate surface area is 191 Å². The number of hydrogen-bond acceptors (Lipinski definition) is 7. The summed E-state index contributed by atoms with van der Waals surface area (Å²) in [6.45, 7) is -0.0974. The Morgan fingerprint density at radius 3 is 2.58 bits per heavy atom. The number of H-pyrrole nitrogens is 1. The second-order valence-corrected chi connectivity index (χ2v) is 7.52. The van der Waals surface area contributed by atoms with E-state index in [0.717, 1.165) is 11.3 Å². The molecule has 0 radical (unpaired) electrons. The average Bonchev–Trinajstić information content (AvgIpc) is 3.30. The number of nitrogens with zero attached hydrogens (tertiary/aromatic N) is 2. The normalized spacial score (nSPS) is 11.4. The number of nitrogens with one attached hydrogen (secondary N) is 3. The number of nitrogen functional groups attached to an aromatic ring is 1. The van der Waals surface area contributed by atoms with E-state index in [9.17, 15) is 14.4 Å². The lowest BCUT2D eigenvalue weighted by atomic mass is 10.1. The first-order valence-electron chi connectivity index (χ1n) is 10.2. The van der Waals surface area contributed by atoms with Crippen molar-refractivity contribution in [3.63, 3.8) is 0 Å². The van der Waals surface area contributed by atoms with Crippen LogP contribution in [0.2, 0.25) is 0 Å². The Balaban J connectivity index is 1.62. The van der Waals surface area contributed by atoms with Crippen LogP contribution in [0.4, 0.5) is 5.69 Å². The molecule has 5 N–H and O–H groups in total. The van der Waals surface area contributed by atoms with Crippen LogP contribution in [-0.2, 0) is 11.2 Å². The third-order valence-electron chi connectivity index (χ3n) is 4.83. The van der Waals surface area contributed by atoms with Crippen LogP contribution in [0.15, 0.2) is 54.6 Å². The molecule has 10 heteroatoms. The summed E-state index contributed by atoms with van der Waals surface area (Å²) >= 11 is 0. The number of ether oxygens (including phenoxy) is 1. The van der Waals surface area contributed by atoms with Crippen molar-refractivity contribution in [3.05, 3.63) is 77.1 Å².